The molecule has 2 saturated heterocycles. The van der Waals surface area contributed by atoms with Gasteiger partial charge in [0.2, 0.25) is 0 Å². The summed E-state index contributed by atoms with van der Waals surface area (Å²) in [5, 5.41) is 3.07. The number of anilines is 1. The molecule has 4 rings (SSSR count). The first-order chi connectivity index (χ1) is 15.7. The summed E-state index contributed by atoms with van der Waals surface area (Å²) in [7, 11) is 1.65. The highest BCUT2D eigenvalue weighted by Gasteiger charge is 2.26. The van der Waals surface area contributed by atoms with Crippen LogP contribution in [0.15, 0.2) is 30.5 Å². The number of hydrogen-bond acceptors (Lipinski definition) is 7. The number of carbonyl (C=O) groups excluding carboxylic acids is 1. The number of rotatable bonds is 7. The summed E-state index contributed by atoms with van der Waals surface area (Å²) in [4.78, 5) is 27.1. The van der Waals surface area contributed by atoms with Crippen LogP contribution in [0.2, 0.25) is 0 Å². The number of nitrogens with one attached hydrogen (secondary N) is 1. The number of morpholine rings is 1. The third kappa shape index (κ3) is 5.37. The summed E-state index contributed by atoms with van der Waals surface area (Å²) >= 11 is 0. The number of benzene rings is 1. The lowest BCUT2D eigenvalue weighted by Gasteiger charge is -2.35. The predicted octanol–water partition coefficient (Wildman–Crippen LogP) is 2.59. The largest absolute Gasteiger partial charge is 0.497 e. The van der Waals surface area contributed by atoms with E-state index in [1.165, 1.54) is 6.42 Å². The monoisotopic (exact) mass is 439 g/mol. The molecule has 0 spiro atoms. The molecule has 0 bridgehead atoms. The van der Waals surface area contributed by atoms with Gasteiger partial charge in [0, 0.05) is 50.5 Å². The summed E-state index contributed by atoms with van der Waals surface area (Å²) in [5.74, 6) is 2.01. The molecule has 1 amide bonds. The molecular weight excluding hydrogens is 406 g/mol. The fourth-order valence-corrected chi connectivity index (χ4v) is 4.29. The van der Waals surface area contributed by atoms with Crippen LogP contribution in [0.5, 0.6) is 5.75 Å². The Balaban J connectivity index is 1.54. The maximum Gasteiger partial charge on any atom is 0.256 e. The molecule has 2 aromatic rings. The molecular formula is C24H33N5O3. The minimum atomic E-state index is -0.118. The summed E-state index contributed by atoms with van der Waals surface area (Å²) in [6.07, 6.45) is 5.08. The Morgan fingerprint density at radius 2 is 1.97 bits per heavy atom. The molecule has 2 aliphatic rings. The van der Waals surface area contributed by atoms with E-state index in [1.54, 1.807) is 13.3 Å². The molecule has 0 aliphatic carbocycles. The molecule has 3 heterocycles. The Labute approximate surface area is 189 Å². The van der Waals surface area contributed by atoms with E-state index < -0.39 is 0 Å². The SMILES string of the molecule is COc1ccc(-c2ncc(C(=O)NCCN3CCOCC3)c(N3CCCCC3C)n2)cc1. The van der Waals surface area contributed by atoms with Crippen LogP contribution in [-0.4, -0.2) is 79.9 Å². The first kappa shape index (κ1) is 22.5. The molecule has 1 atom stereocenters. The predicted molar refractivity (Wildman–Crippen MR) is 124 cm³/mol. The van der Waals surface area contributed by atoms with Crippen LogP contribution in [0.3, 0.4) is 0 Å². The van der Waals surface area contributed by atoms with Crippen LogP contribution in [0, 0.1) is 0 Å². The Kier molecular flexibility index (Phi) is 7.55. The first-order valence-electron chi connectivity index (χ1n) is 11.5. The van der Waals surface area contributed by atoms with E-state index in [9.17, 15) is 4.79 Å². The average Bonchev–Trinajstić information content (AvgIpc) is 2.84. The Morgan fingerprint density at radius 3 is 2.69 bits per heavy atom. The number of piperidine rings is 1. The minimum absolute atomic E-state index is 0.118. The van der Waals surface area contributed by atoms with Crippen molar-refractivity contribution >= 4 is 11.7 Å². The summed E-state index contributed by atoms with van der Waals surface area (Å²) in [6.45, 7) is 7.83. The third-order valence-corrected chi connectivity index (χ3v) is 6.25. The van der Waals surface area contributed by atoms with Gasteiger partial charge in [-0.1, -0.05) is 0 Å². The van der Waals surface area contributed by atoms with Crippen LogP contribution >= 0.6 is 0 Å². The minimum Gasteiger partial charge on any atom is -0.497 e. The van der Waals surface area contributed by atoms with E-state index in [-0.39, 0.29) is 5.91 Å². The van der Waals surface area contributed by atoms with Crippen molar-refractivity contribution in [3.05, 3.63) is 36.0 Å². The van der Waals surface area contributed by atoms with Crippen LogP contribution in [0.1, 0.15) is 36.5 Å². The second-order valence-electron chi connectivity index (χ2n) is 8.41. The van der Waals surface area contributed by atoms with Crippen molar-refractivity contribution in [2.75, 3.05) is 57.9 Å². The van der Waals surface area contributed by atoms with Gasteiger partial charge < -0.3 is 19.7 Å². The fraction of sp³-hybridized carbons (Fsp3) is 0.542. The average molecular weight is 440 g/mol. The lowest BCUT2D eigenvalue weighted by molar-refractivity contribution is 0.0383. The molecule has 1 aromatic heterocycles. The van der Waals surface area contributed by atoms with Crippen molar-refractivity contribution in [1.82, 2.24) is 20.2 Å². The molecule has 172 valence electrons. The zero-order valence-electron chi connectivity index (χ0n) is 19.0. The van der Waals surface area contributed by atoms with Gasteiger partial charge in [-0.2, -0.15) is 0 Å². The summed E-state index contributed by atoms with van der Waals surface area (Å²) in [5.41, 5.74) is 1.44. The third-order valence-electron chi connectivity index (χ3n) is 6.25. The molecule has 1 N–H and O–H groups in total. The molecule has 32 heavy (non-hydrogen) atoms. The van der Waals surface area contributed by atoms with Crippen molar-refractivity contribution in [3.8, 4) is 17.1 Å². The van der Waals surface area contributed by atoms with E-state index in [0.29, 0.717) is 24.0 Å². The summed E-state index contributed by atoms with van der Waals surface area (Å²) < 4.78 is 10.6. The van der Waals surface area contributed by atoms with Crippen LogP contribution < -0.4 is 15.0 Å². The zero-order valence-corrected chi connectivity index (χ0v) is 19.0. The highest BCUT2D eigenvalue weighted by Crippen LogP contribution is 2.28. The second-order valence-corrected chi connectivity index (χ2v) is 8.41. The van der Waals surface area contributed by atoms with Crippen LogP contribution in [0.4, 0.5) is 5.82 Å². The molecule has 1 unspecified atom stereocenters. The van der Waals surface area contributed by atoms with Gasteiger partial charge in [0.25, 0.3) is 5.91 Å². The van der Waals surface area contributed by atoms with E-state index in [4.69, 9.17) is 14.5 Å². The zero-order chi connectivity index (χ0) is 22.3. The Bertz CT molecular complexity index is 899. The van der Waals surface area contributed by atoms with E-state index in [2.05, 4.69) is 27.0 Å². The quantitative estimate of drug-likeness (QED) is 0.710. The standard InChI is InChI=1S/C24H33N5O3/c1-18-5-3-4-11-29(18)23-21(24(30)25-10-12-28-13-15-32-16-14-28)17-26-22(27-23)19-6-8-20(31-2)9-7-19/h6-9,17-18H,3-5,10-16H2,1-2H3,(H,25,30). The van der Waals surface area contributed by atoms with Gasteiger partial charge in [-0.25, -0.2) is 9.97 Å². The maximum atomic E-state index is 13.1. The molecule has 0 radical (unpaired) electrons. The number of nitrogens with zero attached hydrogens (tertiary/aromatic N) is 4. The highest BCUT2D eigenvalue weighted by molar-refractivity contribution is 5.99. The second kappa shape index (κ2) is 10.7. The first-order valence-corrected chi connectivity index (χ1v) is 11.5. The van der Waals surface area contributed by atoms with E-state index >= 15 is 0 Å². The number of aromatic nitrogens is 2. The van der Waals surface area contributed by atoms with Crippen LogP contribution in [-0.2, 0) is 4.74 Å². The normalized spacial score (nSPS) is 19.6. The Morgan fingerprint density at radius 1 is 1.19 bits per heavy atom. The Hall–Kier alpha value is -2.71. The smallest absolute Gasteiger partial charge is 0.256 e. The topological polar surface area (TPSA) is 79.8 Å². The van der Waals surface area contributed by atoms with Crippen molar-refractivity contribution < 1.29 is 14.3 Å². The lowest BCUT2D eigenvalue weighted by atomic mass is 10.0. The molecule has 1 aromatic carbocycles. The fourth-order valence-electron chi connectivity index (χ4n) is 4.29. The van der Waals surface area contributed by atoms with Gasteiger partial charge >= 0.3 is 0 Å². The lowest BCUT2D eigenvalue weighted by Crippen LogP contribution is -2.42. The number of amides is 1. The highest BCUT2D eigenvalue weighted by atomic mass is 16.5. The summed E-state index contributed by atoms with van der Waals surface area (Å²) in [6, 6.07) is 8.02. The van der Waals surface area contributed by atoms with Gasteiger partial charge in [-0.3, -0.25) is 9.69 Å². The van der Waals surface area contributed by atoms with Crippen molar-refractivity contribution in [1.29, 1.82) is 0 Å². The molecule has 8 nitrogen and oxygen atoms in total. The van der Waals surface area contributed by atoms with Gasteiger partial charge in [0.1, 0.15) is 17.1 Å². The molecule has 2 fully saturated rings. The van der Waals surface area contributed by atoms with Gasteiger partial charge in [-0.15, -0.1) is 0 Å². The number of carbonyl (C=O) groups is 1. The number of ether oxygens (including phenoxy) is 2. The number of hydrogen-bond donors (Lipinski definition) is 1. The molecule has 2 aliphatic heterocycles. The van der Waals surface area contributed by atoms with E-state index in [0.717, 1.165) is 69.4 Å². The molecule has 8 heteroatoms. The van der Waals surface area contributed by atoms with E-state index in [1.807, 2.05) is 24.3 Å². The van der Waals surface area contributed by atoms with Gasteiger partial charge in [0.05, 0.1) is 20.3 Å². The number of methoxy groups -OCH3 is 1. The molecule has 0 saturated carbocycles. The van der Waals surface area contributed by atoms with Crippen molar-refractivity contribution in [2.45, 2.75) is 32.2 Å². The maximum absolute atomic E-state index is 13.1. The van der Waals surface area contributed by atoms with Gasteiger partial charge in [0.15, 0.2) is 5.82 Å². The van der Waals surface area contributed by atoms with Crippen molar-refractivity contribution in [3.63, 3.8) is 0 Å². The van der Waals surface area contributed by atoms with Gasteiger partial charge in [-0.05, 0) is 50.5 Å². The van der Waals surface area contributed by atoms with Crippen LogP contribution in [0.25, 0.3) is 11.4 Å². The van der Waals surface area contributed by atoms with Crippen molar-refractivity contribution in [2.24, 2.45) is 0 Å².